The SMILES string of the molecule is CC1(C)OCC(N)=N[C@](C)(c2cc(C#Cc3ccc(C#N)cn3)ccc2F)C1(F)F. The number of ether oxygens (including phenoxy) is 1. The Bertz CT molecular complexity index is 1110. The number of nitrogens with two attached hydrogens (primary N) is 1. The van der Waals surface area contributed by atoms with E-state index in [1.54, 1.807) is 12.1 Å². The van der Waals surface area contributed by atoms with Crippen LogP contribution in [-0.2, 0) is 10.3 Å². The third-order valence-corrected chi connectivity index (χ3v) is 5.03. The Morgan fingerprint density at radius 3 is 2.43 bits per heavy atom. The number of pyridine rings is 1. The summed E-state index contributed by atoms with van der Waals surface area (Å²) in [6, 6.07) is 8.74. The van der Waals surface area contributed by atoms with Crippen molar-refractivity contribution < 1.29 is 17.9 Å². The van der Waals surface area contributed by atoms with Crippen molar-refractivity contribution in [1.29, 1.82) is 5.26 Å². The molecule has 30 heavy (non-hydrogen) atoms. The van der Waals surface area contributed by atoms with Crippen LogP contribution in [0.15, 0.2) is 41.5 Å². The summed E-state index contributed by atoms with van der Waals surface area (Å²) < 4.78 is 50.9. The predicted molar refractivity (Wildman–Crippen MR) is 105 cm³/mol. The van der Waals surface area contributed by atoms with Crippen LogP contribution in [0.3, 0.4) is 0 Å². The van der Waals surface area contributed by atoms with Crippen LogP contribution in [0.2, 0.25) is 0 Å². The third-order valence-electron chi connectivity index (χ3n) is 5.03. The molecule has 0 saturated heterocycles. The largest absolute Gasteiger partial charge is 0.385 e. The smallest absolute Gasteiger partial charge is 0.304 e. The summed E-state index contributed by atoms with van der Waals surface area (Å²) in [4.78, 5) is 7.98. The highest BCUT2D eigenvalue weighted by Crippen LogP contribution is 2.50. The quantitative estimate of drug-likeness (QED) is 0.727. The van der Waals surface area contributed by atoms with E-state index >= 15 is 8.78 Å². The van der Waals surface area contributed by atoms with Gasteiger partial charge in [0.15, 0.2) is 5.54 Å². The number of benzene rings is 1. The fourth-order valence-electron chi connectivity index (χ4n) is 3.20. The number of hydrogen-bond acceptors (Lipinski definition) is 5. The topological polar surface area (TPSA) is 84.3 Å². The standard InChI is InChI=1S/C22H19F3N4O/c1-20(2)22(24,25)21(3,29-19(27)13-30-20)17-10-14(6-9-18(17)23)4-7-16-8-5-15(11-26)12-28-16/h5-6,8-10,12H,13H2,1-3H3,(H2,27,29)/t21-/m1/s1. The van der Waals surface area contributed by atoms with Crippen molar-refractivity contribution in [2.75, 3.05) is 6.61 Å². The fraction of sp³-hybridized carbons (Fsp3) is 0.318. The van der Waals surface area contributed by atoms with Crippen molar-refractivity contribution in [3.63, 3.8) is 0 Å². The first-order valence-corrected chi connectivity index (χ1v) is 9.04. The van der Waals surface area contributed by atoms with Crippen molar-refractivity contribution in [2.24, 2.45) is 10.7 Å². The number of nitrogens with zero attached hydrogens (tertiary/aromatic N) is 3. The van der Waals surface area contributed by atoms with Gasteiger partial charge in [-0.1, -0.05) is 5.92 Å². The molecule has 0 unspecified atom stereocenters. The first-order chi connectivity index (χ1) is 14.0. The molecule has 8 heteroatoms. The molecule has 154 valence electrons. The van der Waals surface area contributed by atoms with Crippen LogP contribution in [0, 0.1) is 29.0 Å². The fourth-order valence-corrected chi connectivity index (χ4v) is 3.20. The maximum absolute atomic E-state index is 15.5. The summed E-state index contributed by atoms with van der Waals surface area (Å²) in [7, 11) is 0. The van der Waals surface area contributed by atoms with Crippen LogP contribution in [0.4, 0.5) is 13.2 Å². The number of amidine groups is 1. The zero-order chi connectivity index (χ0) is 22.2. The lowest BCUT2D eigenvalue weighted by atomic mass is 9.77. The van der Waals surface area contributed by atoms with Gasteiger partial charge in [-0.2, -0.15) is 5.26 Å². The summed E-state index contributed by atoms with van der Waals surface area (Å²) in [5.74, 6) is 0.960. The van der Waals surface area contributed by atoms with Crippen molar-refractivity contribution in [3.8, 4) is 17.9 Å². The van der Waals surface area contributed by atoms with E-state index in [-0.39, 0.29) is 18.0 Å². The minimum absolute atomic E-state index is 0.152. The monoisotopic (exact) mass is 412 g/mol. The van der Waals surface area contributed by atoms with Gasteiger partial charge in [-0.15, -0.1) is 0 Å². The molecule has 0 radical (unpaired) electrons. The number of nitriles is 1. The zero-order valence-electron chi connectivity index (χ0n) is 16.6. The van der Waals surface area contributed by atoms with E-state index in [4.69, 9.17) is 15.7 Å². The maximum Gasteiger partial charge on any atom is 0.304 e. The summed E-state index contributed by atoms with van der Waals surface area (Å²) in [5, 5.41) is 8.81. The molecule has 1 aliphatic rings. The van der Waals surface area contributed by atoms with E-state index in [2.05, 4.69) is 21.8 Å². The lowest BCUT2D eigenvalue weighted by Crippen LogP contribution is -2.56. The van der Waals surface area contributed by atoms with Crippen molar-refractivity contribution in [2.45, 2.75) is 37.8 Å². The van der Waals surface area contributed by atoms with E-state index in [9.17, 15) is 4.39 Å². The molecule has 1 aromatic carbocycles. The van der Waals surface area contributed by atoms with Gasteiger partial charge in [0.05, 0.1) is 5.56 Å². The Hall–Kier alpha value is -3.36. The molecule has 5 nitrogen and oxygen atoms in total. The van der Waals surface area contributed by atoms with E-state index in [1.807, 2.05) is 6.07 Å². The molecule has 0 aliphatic carbocycles. The molecule has 2 heterocycles. The molecule has 0 bridgehead atoms. The molecule has 1 aromatic heterocycles. The molecular weight excluding hydrogens is 393 g/mol. The van der Waals surface area contributed by atoms with Crippen LogP contribution in [0.1, 0.15) is 43.2 Å². The Balaban J connectivity index is 2.09. The van der Waals surface area contributed by atoms with E-state index in [1.165, 1.54) is 32.2 Å². The molecule has 1 aliphatic heterocycles. The summed E-state index contributed by atoms with van der Waals surface area (Å²) >= 11 is 0. The second-order valence-electron chi connectivity index (χ2n) is 7.54. The molecule has 0 spiro atoms. The summed E-state index contributed by atoms with van der Waals surface area (Å²) in [6.45, 7) is 3.28. The third kappa shape index (κ3) is 3.62. The molecule has 1 atom stereocenters. The Morgan fingerprint density at radius 2 is 1.80 bits per heavy atom. The molecular formula is C22H19F3N4O. The Labute approximate surface area is 172 Å². The number of aromatic nitrogens is 1. The van der Waals surface area contributed by atoms with Crippen LogP contribution >= 0.6 is 0 Å². The predicted octanol–water partition coefficient (Wildman–Crippen LogP) is 3.51. The molecule has 2 aromatic rings. The first-order valence-electron chi connectivity index (χ1n) is 9.04. The van der Waals surface area contributed by atoms with Gasteiger partial charge < -0.3 is 10.5 Å². The van der Waals surface area contributed by atoms with Crippen LogP contribution < -0.4 is 5.73 Å². The Morgan fingerprint density at radius 1 is 1.10 bits per heavy atom. The van der Waals surface area contributed by atoms with Crippen molar-refractivity contribution in [3.05, 3.63) is 64.7 Å². The lowest BCUT2D eigenvalue weighted by Gasteiger charge is -2.41. The normalized spacial score (nSPS) is 22.1. The minimum atomic E-state index is -3.58. The summed E-state index contributed by atoms with van der Waals surface area (Å²) in [5.41, 5.74) is 2.23. The zero-order valence-corrected chi connectivity index (χ0v) is 16.6. The Kier molecular flexibility index (Phi) is 5.32. The number of aliphatic imine (C=N–C) groups is 1. The highest BCUT2D eigenvalue weighted by molar-refractivity contribution is 5.82. The van der Waals surface area contributed by atoms with Crippen molar-refractivity contribution in [1.82, 2.24) is 4.98 Å². The van der Waals surface area contributed by atoms with Gasteiger partial charge >= 0.3 is 5.92 Å². The van der Waals surface area contributed by atoms with Crippen molar-refractivity contribution >= 4 is 5.84 Å². The second-order valence-corrected chi connectivity index (χ2v) is 7.54. The van der Waals surface area contributed by atoms with Gasteiger partial charge in [-0.25, -0.2) is 18.2 Å². The second kappa shape index (κ2) is 7.47. The van der Waals surface area contributed by atoms with Crippen LogP contribution in [0.25, 0.3) is 0 Å². The highest BCUT2D eigenvalue weighted by atomic mass is 19.3. The summed E-state index contributed by atoms with van der Waals surface area (Å²) in [6.07, 6.45) is 1.37. The average Bonchev–Trinajstić information content (AvgIpc) is 2.77. The molecule has 2 N–H and O–H groups in total. The van der Waals surface area contributed by atoms with Crippen LogP contribution in [0.5, 0.6) is 0 Å². The lowest BCUT2D eigenvalue weighted by molar-refractivity contribution is -0.214. The number of alkyl halides is 2. The van der Waals surface area contributed by atoms with Gasteiger partial charge in [-0.05, 0) is 57.0 Å². The van der Waals surface area contributed by atoms with E-state index in [0.717, 1.165) is 13.0 Å². The number of halogens is 3. The van der Waals surface area contributed by atoms with Gasteiger partial charge in [0, 0.05) is 17.3 Å². The average molecular weight is 412 g/mol. The van der Waals surface area contributed by atoms with Gasteiger partial charge in [0.2, 0.25) is 0 Å². The highest BCUT2D eigenvalue weighted by Gasteiger charge is 2.63. The van der Waals surface area contributed by atoms with Gasteiger partial charge in [-0.3, -0.25) is 4.99 Å². The van der Waals surface area contributed by atoms with Crippen LogP contribution in [-0.4, -0.2) is 29.0 Å². The molecule has 0 amide bonds. The number of rotatable bonds is 1. The van der Waals surface area contributed by atoms with E-state index < -0.39 is 22.9 Å². The molecule has 0 fully saturated rings. The first kappa shape index (κ1) is 21.4. The van der Waals surface area contributed by atoms with Gasteiger partial charge in [0.25, 0.3) is 0 Å². The molecule has 3 rings (SSSR count). The van der Waals surface area contributed by atoms with Gasteiger partial charge in [0.1, 0.15) is 35.6 Å². The minimum Gasteiger partial charge on any atom is -0.385 e. The number of hydrogen-bond donors (Lipinski definition) is 1. The molecule has 0 saturated carbocycles. The maximum atomic E-state index is 15.5. The van der Waals surface area contributed by atoms with E-state index in [0.29, 0.717) is 16.8 Å².